The second kappa shape index (κ2) is 6.90. The molecule has 0 radical (unpaired) electrons. The van der Waals surface area contributed by atoms with Crippen molar-refractivity contribution >= 4 is 21.9 Å². The summed E-state index contributed by atoms with van der Waals surface area (Å²) in [4.78, 5) is 11.5. The maximum Gasteiger partial charge on any atom is 0.307 e. The number of carbonyl (C=O) groups is 1. The minimum Gasteiger partial charge on any atom is -0.481 e. The molecule has 0 aromatic heterocycles. The van der Waals surface area contributed by atoms with E-state index in [2.05, 4.69) is 41.9 Å². The van der Waals surface area contributed by atoms with Crippen molar-refractivity contribution in [2.24, 2.45) is 5.92 Å². The van der Waals surface area contributed by atoms with Crippen molar-refractivity contribution in [3.63, 3.8) is 0 Å². The average Bonchev–Trinajstić information content (AvgIpc) is 2.42. The summed E-state index contributed by atoms with van der Waals surface area (Å²) < 4.78 is 0.982. The summed E-state index contributed by atoms with van der Waals surface area (Å²) in [5, 5.41) is 9.48. The number of rotatable bonds is 5. The number of benzene rings is 2. The number of aliphatic carboxylic acids is 1. The van der Waals surface area contributed by atoms with Crippen LogP contribution in [0, 0.1) is 19.8 Å². The van der Waals surface area contributed by atoms with Gasteiger partial charge in [0.2, 0.25) is 0 Å². The monoisotopic (exact) mass is 346 g/mol. The van der Waals surface area contributed by atoms with Crippen molar-refractivity contribution in [2.75, 3.05) is 0 Å². The molecular weight excluding hydrogens is 328 g/mol. The van der Waals surface area contributed by atoms with Gasteiger partial charge in [-0.3, -0.25) is 4.79 Å². The van der Waals surface area contributed by atoms with E-state index in [0.29, 0.717) is 12.8 Å². The summed E-state index contributed by atoms with van der Waals surface area (Å²) in [6, 6.07) is 14.0. The number of hydrogen-bond donors (Lipinski definition) is 1. The molecular formula is C18H19BrO2. The van der Waals surface area contributed by atoms with E-state index in [4.69, 9.17) is 0 Å². The first-order valence-electron chi connectivity index (χ1n) is 6.99. The molecule has 0 saturated heterocycles. The third-order valence-corrected chi connectivity index (χ3v) is 4.27. The van der Waals surface area contributed by atoms with E-state index in [0.717, 1.165) is 15.6 Å². The van der Waals surface area contributed by atoms with Crippen molar-refractivity contribution < 1.29 is 9.90 Å². The Morgan fingerprint density at radius 2 is 1.71 bits per heavy atom. The molecule has 0 amide bonds. The van der Waals surface area contributed by atoms with Crippen molar-refractivity contribution in [2.45, 2.75) is 26.7 Å². The lowest BCUT2D eigenvalue weighted by atomic mass is 9.91. The summed E-state index contributed by atoms with van der Waals surface area (Å²) in [7, 11) is 0. The molecule has 1 N–H and O–H groups in total. The Labute approximate surface area is 134 Å². The maximum absolute atomic E-state index is 11.5. The molecule has 0 aliphatic carbocycles. The Bertz CT molecular complexity index is 649. The lowest BCUT2D eigenvalue weighted by Gasteiger charge is -2.14. The van der Waals surface area contributed by atoms with Gasteiger partial charge in [0, 0.05) is 4.47 Å². The Morgan fingerprint density at radius 1 is 1.05 bits per heavy atom. The smallest absolute Gasteiger partial charge is 0.307 e. The molecule has 0 aliphatic heterocycles. The van der Waals surface area contributed by atoms with Gasteiger partial charge in [-0.2, -0.15) is 0 Å². The molecule has 0 heterocycles. The van der Waals surface area contributed by atoms with Gasteiger partial charge in [0.15, 0.2) is 0 Å². The summed E-state index contributed by atoms with van der Waals surface area (Å²) >= 11 is 3.43. The Balaban J connectivity index is 2.15. The van der Waals surface area contributed by atoms with E-state index in [1.165, 1.54) is 11.1 Å². The van der Waals surface area contributed by atoms with Gasteiger partial charge in [-0.05, 0) is 61.1 Å². The van der Waals surface area contributed by atoms with Crippen LogP contribution < -0.4 is 0 Å². The highest BCUT2D eigenvalue weighted by molar-refractivity contribution is 9.10. The van der Waals surface area contributed by atoms with Crippen LogP contribution in [0.5, 0.6) is 0 Å². The molecule has 1 atom stereocenters. The molecule has 3 heteroatoms. The van der Waals surface area contributed by atoms with Crippen LogP contribution in [0.15, 0.2) is 46.9 Å². The lowest BCUT2D eigenvalue weighted by Crippen LogP contribution is -2.19. The van der Waals surface area contributed by atoms with Crippen LogP contribution in [0.1, 0.15) is 22.3 Å². The van der Waals surface area contributed by atoms with Crippen LogP contribution in [0.4, 0.5) is 0 Å². The van der Waals surface area contributed by atoms with Gasteiger partial charge in [-0.15, -0.1) is 0 Å². The average molecular weight is 347 g/mol. The highest BCUT2D eigenvalue weighted by Crippen LogP contribution is 2.20. The van der Waals surface area contributed by atoms with E-state index in [1.54, 1.807) is 0 Å². The standard InChI is InChI=1S/C18H19BrO2/c1-12-6-7-15(8-13(12)2)10-16(18(20)21)9-14-4-3-5-17(19)11-14/h3-8,11,16H,9-10H2,1-2H3,(H,20,21). The topological polar surface area (TPSA) is 37.3 Å². The van der Waals surface area contributed by atoms with Crippen molar-refractivity contribution in [3.8, 4) is 0 Å². The second-order valence-corrected chi connectivity index (χ2v) is 6.41. The zero-order valence-electron chi connectivity index (χ0n) is 12.3. The van der Waals surface area contributed by atoms with E-state index >= 15 is 0 Å². The maximum atomic E-state index is 11.5. The van der Waals surface area contributed by atoms with Gasteiger partial charge < -0.3 is 5.11 Å². The lowest BCUT2D eigenvalue weighted by molar-refractivity contribution is -0.141. The molecule has 0 spiro atoms. The van der Waals surface area contributed by atoms with Crippen molar-refractivity contribution in [3.05, 3.63) is 69.2 Å². The minimum atomic E-state index is -0.742. The number of carboxylic acid groups (broad SMARTS) is 1. The van der Waals surface area contributed by atoms with Gasteiger partial charge >= 0.3 is 5.97 Å². The number of hydrogen-bond acceptors (Lipinski definition) is 1. The van der Waals surface area contributed by atoms with Crippen molar-refractivity contribution in [1.82, 2.24) is 0 Å². The normalized spacial score (nSPS) is 12.1. The molecule has 0 bridgehead atoms. The van der Waals surface area contributed by atoms with Gasteiger partial charge in [0.25, 0.3) is 0 Å². The van der Waals surface area contributed by atoms with Crippen LogP contribution in [-0.4, -0.2) is 11.1 Å². The Hall–Kier alpha value is -1.61. The van der Waals surface area contributed by atoms with E-state index in [-0.39, 0.29) is 0 Å². The van der Waals surface area contributed by atoms with Gasteiger partial charge in [-0.25, -0.2) is 0 Å². The SMILES string of the molecule is Cc1ccc(CC(Cc2cccc(Br)c2)C(=O)O)cc1C. The molecule has 1 unspecified atom stereocenters. The molecule has 21 heavy (non-hydrogen) atoms. The van der Waals surface area contributed by atoms with Crippen LogP contribution in [0.3, 0.4) is 0 Å². The number of aryl methyl sites for hydroxylation is 2. The number of carboxylic acids is 1. The largest absolute Gasteiger partial charge is 0.481 e. The summed E-state index contributed by atoms with van der Waals surface area (Å²) in [5.74, 6) is -1.14. The predicted octanol–water partition coefficient (Wildman–Crippen LogP) is 4.55. The molecule has 110 valence electrons. The Morgan fingerprint density at radius 3 is 2.29 bits per heavy atom. The molecule has 0 fully saturated rings. The van der Waals surface area contributed by atoms with Gasteiger partial charge in [0.05, 0.1) is 5.92 Å². The highest BCUT2D eigenvalue weighted by Gasteiger charge is 2.19. The number of halogens is 1. The summed E-state index contributed by atoms with van der Waals surface area (Å²) in [6.07, 6.45) is 1.10. The molecule has 2 nitrogen and oxygen atoms in total. The van der Waals surface area contributed by atoms with Crippen LogP contribution in [0.2, 0.25) is 0 Å². The van der Waals surface area contributed by atoms with E-state index < -0.39 is 11.9 Å². The fourth-order valence-electron chi connectivity index (χ4n) is 2.41. The van der Waals surface area contributed by atoms with Crippen LogP contribution in [-0.2, 0) is 17.6 Å². The highest BCUT2D eigenvalue weighted by atomic mass is 79.9. The molecule has 0 saturated carbocycles. The molecule has 0 aliphatic rings. The first-order valence-corrected chi connectivity index (χ1v) is 7.78. The Kier molecular flexibility index (Phi) is 5.18. The fourth-order valence-corrected chi connectivity index (χ4v) is 2.86. The van der Waals surface area contributed by atoms with Crippen molar-refractivity contribution in [1.29, 1.82) is 0 Å². The quantitative estimate of drug-likeness (QED) is 0.861. The zero-order chi connectivity index (χ0) is 15.4. The summed E-state index contributed by atoms with van der Waals surface area (Å²) in [5.41, 5.74) is 4.57. The molecule has 2 rings (SSSR count). The molecule has 2 aromatic rings. The fraction of sp³-hybridized carbons (Fsp3) is 0.278. The third kappa shape index (κ3) is 4.43. The van der Waals surface area contributed by atoms with E-state index in [1.807, 2.05) is 30.3 Å². The summed E-state index contributed by atoms with van der Waals surface area (Å²) in [6.45, 7) is 4.12. The molecule has 2 aromatic carbocycles. The second-order valence-electron chi connectivity index (χ2n) is 5.49. The third-order valence-electron chi connectivity index (χ3n) is 3.77. The van der Waals surface area contributed by atoms with E-state index in [9.17, 15) is 9.90 Å². The van der Waals surface area contributed by atoms with Gasteiger partial charge in [0.1, 0.15) is 0 Å². The first kappa shape index (κ1) is 15.8. The minimum absolute atomic E-state index is 0.401. The first-order chi connectivity index (χ1) is 9.95. The zero-order valence-corrected chi connectivity index (χ0v) is 13.9. The predicted molar refractivity (Wildman–Crippen MR) is 88.6 cm³/mol. The van der Waals surface area contributed by atoms with Gasteiger partial charge in [-0.1, -0.05) is 46.3 Å². The van der Waals surface area contributed by atoms with Crippen LogP contribution in [0.25, 0.3) is 0 Å². The van der Waals surface area contributed by atoms with Crippen LogP contribution >= 0.6 is 15.9 Å².